The number of hydroxylamine groups is 2. The number of rotatable bonds is 4. The summed E-state index contributed by atoms with van der Waals surface area (Å²) < 4.78 is 7.94. The Morgan fingerprint density at radius 1 is 1.04 bits per heavy atom. The van der Waals surface area contributed by atoms with Gasteiger partial charge in [0.05, 0.1) is 24.2 Å². The molecule has 1 aromatic heterocycles. The molecule has 3 fully saturated rings. The Morgan fingerprint density at radius 2 is 1.78 bits per heavy atom. The van der Waals surface area contributed by atoms with Crippen LogP contribution >= 0.6 is 11.9 Å². The van der Waals surface area contributed by atoms with Crippen LogP contribution in [-0.4, -0.2) is 98.1 Å². The Morgan fingerprint density at radius 3 is 2.44 bits per heavy atom. The van der Waals surface area contributed by atoms with Gasteiger partial charge in [-0.25, -0.2) is 4.98 Å². The van der Waals surface area contributed by atoms with E-state index in [-0.39, 0.29) is 74.6 Å². The summed E-state index contributed by atoms with van der Waals surface area (Å²) in [5.41, 5.74) is 1.77. The Bertz CT molecular complexity index is 1500. The fourth-order valence-electron chi connectivity index (χ4n) is 5.57. The first kappa shape index (κ1) is 42.1. The third-order valence-corrected chi connectivity index (χ3v) is 10.1. The monoisotopic (exact) mass is 789 g/mol. The summed E-state index contributed by atoms with van der Waals surface area (Å²) in [6.07, 6.45) is 14.6. The maximum absolute atomic E-state index is 13.0. The van der Waals surface area contributed by atoms with Crippen molar-refractivity contribution < 1.29 is 62.1 Å². The molecule has 1 aromatic carbocycles. The Kier molecular flexibility index (Phi) is 17.9. The summed E-state index contributed by atoms with van der Waals surface area (Å²) >= 11 is 1.43. The average Bonchev–Trinajstić information content (AvgIpc) is 3.77. The van der Waals surface area contributed by atoms with Crippen molar-refractivity contribution in [3.63, 3.8) is 0 Å². The van der Waals surface area contributed by atoms with Crippen LogP contribution in [0, 0.1) is 12.8 Å². The SMILES string of the molecule is COc1ccc2nc(C)c(=O)[nH]c2c1.C[C@H]1/C=C\CCCCCN(O)CC(=O)N2CCCC2C(=O)NC1C(=O)NSC1CC1.OC1CCC1.[Y]. The second-order valence-corrected chi connectivity index (χ2v) is 14.3. The van der Waals surface area contributed by atoms with E-state index in [2.05, 4.69) is 26.1 Å². The largest absolute Gasteiger partial charge is 0.497 e. The number of methoxy groups -OCH3 is 1. The summed E-state index contributed by atoms with van der Waals surface area (Å²) in [7, 11) is 1.58. The van der Waals surface area contributed by atoms with Crippen LogP contribution in [0.1, 0.15) is 83.2 Å². The topological polar surface area (TPSA) is 177 Å². The van der Waals surface area contributed by atoms with E-state index in [4.69, 9.17) is 9.84 Å². The number of hydrogen-bond acceptors (Lipinski definition) is 10. The molecular weight excluding hydrogens is 737 g/mol. The number of carbonyl (C=O) groups excluding carboxylic acids is 3. The normalized spacial score (nSPS) is 24.2. The predicted molar refractivity (Wildman–Crippen MR) is 189 cm³/mol. The number of benzene rings is 1. The van der Waals surface area contributed by atoms with E-state index < -0.39 is 12.1 Å². The number of aromatic amines is 1. The molecule has 2 saturated carbocycles. The van der Waals surface area contributed by atoms with Gasteiger partial charge in [-0.15, -0.1) is 0 Å². The quantitative estimate of drug-likeness (QED) is 0.227. The summed E-state index contributed by atoms with van der Waals surface area (Å²) in [6, 6.07) is 4.11. The van der Waals surface area contributed by atoms with Crippen LogP contribution in [0.25, 0.3) is 11.0 Å². The van der Waals surface area contributed by atoms with Crippen molar-refractivity contribution in [1.82, 2.24) is 30.0 Å². The molecular formula is C35H52N6O7SY. The van der Waals surface area contributed by atoms with Gasteiger partial charge < -0.3 is 30.3 Å². The zero-order chi connectivity index (χ0) is 35.3. The third-order valence-electron chi connectivity index (χ3n) is 9.02. The molecule has 1 radical (unpaired) electrons. The van der Waals surface area contributed by atoms with E-state index >= 15 is 0 Å². The number of aliphatic hydroxyl groups is 1. The molecule has 1 saturated heterocycles. The van der Waals surface area contributed by atoms with Gasteiger partial charge in [0.25, 0.3) is 11.5 Å². The van der Waals surface area contributed by atoms with Crippen molar-refractivity contribution in [2.75, 3.05) is 26.7 Å². The number of amides is 3. The van der Waals surface area contributed by atoms with Gasteiger partial charge in [0, 0.05) is 63.0 Å². The molecule has 2 aliphatic carbocycles. The number of allylic oxidation sites excluding steroid dienone is 1. The average molecular weight is 790 g/mol. The molecule has 3 atom stereocenters. The van der Waals surface area contributed by atoms with Gasteiger partial charge in [0.1, 0.15) is 30.1 Å². The zero-order valence-electron chi connectivity index (χ0n) is 29.4. The van der Waals surface area contributed by atoms with E-state index in [0.717, 1.165) is 68.4 Å². The molecule has 13 nitrogen and oxygen atoms in total. The molecule has 6 rings (SSSR count). The molecule has 0 spiro atoms. The number of hydrogen-bond donors (Lipinski definition) is 5. The van der Waals surface area contributed by atoms with Crippen molar-refractivity contribution >= 4 is 40.7 Å². The number of nitrogens with zero attached hydrogens (tertiary/aromatic N) is 3. The Balaban J connectivity index is 0.000000277. The molecule has 0 bridgehead atoms. The van der Waals surface area contributed by atoms with Crippen molar-refractivity contribution in [2.24, 2.45) is 5.92 Å². The van der Waals surface area contributed by atoms with E-state index in [1.807, 2.05) is 25.1 Å². The summed E-state index contributed by atoms with van der Waals surface area (Å²) in [5.74, 6) is -0.190. The maximum atomic E-state index is 13.0. The number of nitrogens with one attached hydrogen (secondary N) is 3. The first-order chi connectivity index (χ1) is 23.5. The van der Waals surface area contributed by atoms with Crippen LogP contribution in [0.15, 0.2) is 35.1 Å². The number of aliphatic hydroxyl groups excluding tert-OH is 1. The Labute approximate surface area is 323 Å². The van der Waals surface area contributed by atoms with Gasteiger partial charge in [-0.3, -0.25) is 23.9 Å². The van der Waals surface area contributed by atoms with Crippen molar-refractivity contribution in [3.8, 4) is 5.75 Å². The first-order valence-corrected chi connectivity index (χ1v) is 18.3. The molecule has 3 amide bonds. The number of ether oxygens (including phenoxy) is 1. The van der Waals surface area contributed by atoms with Crippen molar-refractivity contribution in [1.29, 1.82) is 0 Å². The second kappa shape index (κ2) is 21.2. The number of aryl methyl sites for hydroxylation is 1. The van der Waals surface area contributed by atoms with Crippen LogP contribution in [0.5, 0.6) is 5.75 Å². The van der Waals surface area contributed by atoms with Crippen molar-refractivity contribution in [3.05, 3.63) is 46.4 Å². The smallest absolute Gasteiger partial charge is 0.269 e. The third kappa shape index (κ3) is 13.3. The van der Waals surface area contributed by atoms with Crippen molar-refractivity contribution in [2.45, 2.75) is 108 Å². The molecule has 2 aromatic rings. The molecule has 3 heterocycles. The van der Waals surface area contributed by atoms with E-state index in [1.165, 1.54) is 18.4 Å². The van der Waals surface area contributed by atoms with Crippen LogP contribution in [-0.2, 0) is 47.1 Å². The molecule has 4 aliphatic rings. The minimum Gasteiger partial charge on any atom is -0.497 e. The van der Waals surface area contributed by atoms with Gasteiger partial charge in [-0.2, -0.15) is 5.06 Å². The standard InChI is InChI=1S/C21H34N4O4S.C10H10N2O2.C4H8O.Y/c1-15-8-5-3-2-4-6-12-24(29)14-18(26)25-13-7-9-17(25)20(27)22-19(15)21(28)23-30-16-10-11-16;1-6-10(13)12-9-5-7(14-2)3-4-8(9)11-6;5-4-2-1-3-4;/h5,8,15-17,19,29H,2-4,6-7,9-14H2,1H3,(H,22,27)(H,23,28);3-5H,1-2H3,(H,12,13);4-5H,1-3H2;/b8-5-;;;/t15-,17?,19?;;;/m0.../s1. The summed E-state index contributed by atoms with van der Waals surface area (Å²) in [4.78, 5) is 58.2. The van der Waals surface area contributed by atoms with E-state index in [9.17, 15) is 24.4 Å². The van der Waals surface area contributed by atoms with Crippen LogP contribution in [0.3, 0.4) is 0 Å². The fourth-order valence-corrected chi connectivity index (χ4v) is 6.35. The van der Waals surface area contributed by atoms with Gasteiger partial charge in [-0.1, -0.05) is 25.5 Å². The number of fused-ring (bicyclic) bond motifs is 2. The van der Waals surface area contributed by atoms with Gasteiger partial charge in [0.15, 0.2) is 0 Å². The number of H-pyrrole nitrogens is 1. The predicted octanol–water partition coefficient (Wildman–Crippen LogP) is 3.62. The summed E-state index contributed by atoms with van der Waals surface area (Å²) in [6.45, 7) is 4.45. The van der Waals surface area contributed by atoms with E-state index in [0.29, 0.717) is 41.7 Å². The minimum atomic E-state index is -0.681. The minimum absolute atomic E-state index is 0. The first-order valence-electron chi connectivity index (χ1n) is 17.4. The Hall–Kier alpha value is -2.36. The number of carbonyl (C=O) groups is 3. The van der Waals surface area contributed by atoms with Gasteiger partial charge in [0.2, 0.25) is 11.8 Å². The molecule has 2 aliphatic heterocycles. The maximum Gasteiger partial charge on any atom is 0.269 e. The molecule has 2 unspecified atom stereocenters. The fraction of sp³-hybridized carbons (Fsp3) is 0.629. The van der Waals surface area contributed by atoms with Crippen LogP contribution < -0.4 is 20.3 Å². The van der Waals surface area contributed by atoms with E-state index in [1.54, 1.807) is 25.0 Å². The molecule has 50 heavy (non-hydrogen) atoms. The second-order valence-electron chi connectivity index (χ2n) is 13.2. The summed E-state index contributed by atoms with van der Waals surface area (Å²) in [5, 5.41) is 22.9. The number of aromatic nitrogens is 2. The molecule has 5 N–H and O–H groups in total. The van der Waals surface area contributed by atoms with Crippen LogP contribution in [0.4, 0.5) is 0 Å². The van der Waals surface area contributed by atoms with Gasteiger partial charge in [-0.05, 0) is 95.2 Å². The molecule has 15 heteroatoms. The zero-order valence-corrected chi connectivity index (χ0v) is 33.1. The van der Waals surface area contributed by atoms with Gasteiger partial charge >= 0.3 is 0 Å². The van der Waals surface area contributed by atoms with Crippen LogP contribution in [0.2, 0.25) is 0 Å². The molecule has 273 valence electrons.